The number of aryl methyl sites for hydroxylation is 2. The van der Waals surface area contributed by atoms with Gasteiger partial charge in [0.25, 0.3) is 5.56 Å². The van der Waals surface area contributed by atoms with Gasteiger partial charge in [-0.15, -0.1) is 0 Å². The van der Waals surface area contributed by atoms with Crippen molar-refractivity contribution in [3.63, 3.8) is 0 Å². The van der Waals surface area contributed by atoms with Crippen molar-refractivity contribution in [2.24, 2.45) is 12.0 Å². The Morgan fingerprint density at radius 2 is 1.96 bits per heavy atom. The normalized spacial score (nSPS) is 12.9. The first-order valence-electron chi connectivity index (χ1n) is 8.99. The summed E-state index contributed by atoms with van der Waals surface area (Å²) >= 11 is 1.63. The summed E-state index contributed by atoms with van der Waals surface area (Å²) < 4.78 is 1.47. The predicted octanol–water partition coefficient (Wildman–Crippen LogP) is 3.65. The molecule has 0 spiro atoms. The van der Waals surface area contributed by atoms with Gasteiger partial charge in [-0.1, -0.05) is 30.8 Å². The molecule has 1 unspecified atom stereocenters. The Balaban J connectivity index is 2.34. The Morgan fingerprint density at radius 3 is 2.59 bits per heavy atom. The Hall–Kier alpha value is -2.28. The molecule has 0 aliphatic rings. The summed E-state index contributed by atoms with van der Waals surface area (Å²) in [4.78, 5) is 33.1. The number of anilines is 1. The topological polar surface area (TPSA) is 70.5 Å². The first kappa shape index (κ1) is 21.0. The minimum atomic E-state index is -0.413. The van der Waals surface area contributed by atoms with Crippen molar-refractivity contribution in [3.8, 4) is 0 Å². The van der Waals surface area contributed by atoms with Crippen LogP contribution in [0.15, 0.2) is 32.8 Å². The van der Waals surface area contributed by atoms with Crippen LogP contribution >= 0.6 is 11.8 Å². The summed E-state index contributed by atoms with van der Waals surface area (Å²) in [5.74, 6) is 0.617. The van der Waals surface area contributed by atoms with Gasteiger partial charge in [0.15, 0.2) is 0 Å². The lowest BCUT2D eigenvalue weighted by Gasteiger charge is -2.29. The third-order valence-electron chi connectivity index (χ3n) is 4.62. The molecule has 2 rings (SSSR count). The van der Waals surface area contributed by atoms with Crippen molar-refractivity contribution in [3.05, 3.63) is 55.7 Å². The highest BCUT2D eigenvalue weighted by Gasteiger charge is 2.19. The third kappa shape index (κ3) is 4.71. The molecule has 1 aromatic heterocycles. The van der Waals surface area contributed by atoms with Crippen molar-refractivity contribution in [1.29, 1.82) is 0 Å². The molecule has 27 heavy (non-hydrogen) atoms. The van der Waals surface area contributed by atoms with E-state index in [-0.39, 0.29) is 10.9 Å². The standard InChI is InChI=1S/C20H28N4O2S/c1-8-17(21-16-11-12(2)9-10-13(16)3)27-15(5)23(6)19-14(4)18(25)22-20(26)24(19)7/h9-11,15H,8H2,1-7H3,(H,22,25,26). The smallest absolute Gasteiger partial charge is 0.329 e. The van der Waals surface area contributed by atoms with Crippen LogP contribution in [-0.2, 0) is 7.05 Å². The lowest BCUT2D eigenvalue weighted by molar-refractivity contribution is 0.741. The summed E-state index contributed by atoms with van der Waals surface area (Å²) in [5, 5.41) is 1.01. The molecular weight excluding hydrogens is 360 g/mol. The molecule has 0 saturated carbocycles. The van der Waals surface area contributed by atoms with Crippen LogP contribution in [-0.4, -0.2) is 27.0 Å². The van der Waals surface area contributed by atoms with E-state index in [4.69, 9.17) is 4.99 Å². The van der Waals surface area contributed by atoms with Crippen molar-refractivity contribution in [2.75, 3.05) is 11.9 Å². The molecule has 0 aliphatic heterocycles. The quantitative estimate of drug-likeness (QED) is 0.482. The fraction of sp³-hybridized carbons (Fsp3) is 0.450. The summed E-state index contributed by atoms with van der Waals surface area (Å²) in [6, 6.07) is 6.25. The number of hydrogen-bond acceptors (Lipinski definition) is 5. The number of H-pyrrole nitrogens is 1. The van der Waals surface area contributed by atoms with Gasteiger partial charge in [-0.25, -0.2) is 9.79 Å². The number of benzene rings is 1. The molecule has 1 N–H and O–H groups in total. The average Bonchev–Trinajstić information content (AvgIpc) is 2.62. The van der Waals surface area contributed by atoms with Gasteiger partial charge in [0.2, 0.25) is 0 Å². The second kappa shape index (κ2) is 8.61. The van der Waals surface area contributed by atoms with Gasteiger partial charge < -0.3 is 4.90 Å². The molecule has 146 valence electrons. The largest absolute Gasteiger partial charge is 0.348 e. The van der Waals surface area contributed by atoms with Crippen molar-refractivity contribution >= 4 is 28.3 Å². The molecule has 1 heterocycles. The summed E-state index contributed by atoms with van der Waals surface area (Å²) in [6.45, 7) is 9.97. The average molecular weight is 389 g/mol. The Kier molecular flexibility index (Phi) is 6.70. The fourth-order valence-electron chi connectivity index (χ4n) is 2.84. The van der Waals surface area contributed by atoms with Crippen LogP contribution in [0.1, 0.15) is 37.0 Å². The molecule has 0 bridgehead atoms. The second-order valence-electron chi connectivity index (χ2n) is 6.74. The highest BCUT2D eigenvalue weighted by atomic mass is 32.2. The highest BCUT2D eigenvalue weighted by molar-refractivity contribution is 8.14. The van der Waals surface area contributed by atoms with Crippen molar-refractivity contribution < 1.29 is 0 Å². The maximum atomic E-state index is 12.0. The van der Waals surface area contributed by atoms with Gasteiger partial charge >= 0.3 is 5.69 Å². The first-order valence-corrected chi connectivity index (χ1v) is 9.87. The zero-order chi connectivity index (χ0) is 20.3. The van der Waals surface area contributed by atoms with E-state index in [2.05, 4.69) is 44.0 Å². The number of thioether (sulfide) groups is 1. The highest BCUT2D eigenvalue weighted by Crippen LogP contribution is 2.27. The number of aliphatic imine (C=N–C) groups is 1. The summed E-state index contributed by atoms with van der Waals surface area (Å²) in [7, 11) is 3.56. The predicted molar refractivity (Wildman–Crippen MR) is 116 cm³/mol. The van der Waals surface area contributed by atoms with Gasteiger partial charge in [-0.2, -0.15) is 0 Å². The van der Waals surface area contributed by atoms with Gasteiger partial charge in [-0.05, 0) is 51.3 Å². The minimum Gasteiger partial charge on any atom is -0.348 e. The van der Waals surface area contributed by atoms with Gasteiger partial charge in [-0.3, -0.25) is 14.3 Å². The maximum absolute atomic E-state index is 12.0. The van der Waals surface area contributed by atoms with Crippen molar-refractivity contribution in [2.45, 2.75) is 46.4 Å². The van der Waals surface area contributed by atoms with E-state index in [9.17, 15) is 9.59 Å². The zero-order valence-electron chi connectivity index (χ0n) is 17.1. The van der Waals surface area contributed by atoms with Gasteiger partial charge in [0, 0.05) is 14.1 Å². The van der Waals surface area contributed by atoms with Crippen molar-refractivity contribution in [1.82, 2.24) is 9.55 Å². The molecule has 0 aliphatic carbocycles. The number of nitrogens with one attached hydrogen (secondary N) is 1. The van der Waals surface area contributed by atoms with E-state index < -0.39 is 5.69 Å². The number of hydrogen-bond donors (Lipinski definition) is 1. The van der Waals surface area contributed by atoms with Crippen LogP contribution in [0.2, 0.25) is 0 Å². The molecule has 0 fully saturated rings. The molecule has 7 heteroatoms. The van der Waals surface area contributed by atoms with Crippen LogP contribution in [0.3, 0.4) is 0 Å². The Bertz CT molecular complexity index is 941. The molecule has 6 nitrogen and oxygen atoms in total. The van der Waals surface area contributed by atoms with Crippen LogP contribution in [0, 0.1) is 20.8 Å². The molecule has 0 amide bonds. The minimum absolute atomic E-state index is 0.0000784. The lowest BCUT2D eigenvalue weighted by Crippen LogP contribution is -2.38. The van der Waals surface area contributed by atoms with Gasteiger partial charge in [0.05, 0.1) is 21.7 Å². The lowest BCUT2D eigenvalue weighted by atomic mass is 10.1. The first-order chi connectivity index (χ1) is 12.6. The van der Waals surface area contributed by atoms with E-state index >= 15 is 0 Å². The second-order valence-corrected chi connectivity index (χ2v) is 8.13. The fourth-order valence-corrected chi connectivity index (χ4v) is 3.81. The molecule has 2 aromatic rings. The molecule has 0 radical (unpaired) electrons. The van der Waals surface area contributed by atoms with E-state index in [0.29, 0.717) is 11.4 Å². The molecule has 1 atom stereocenters. The number of nitrogens with zero attached hydrogens (tertiary/aromatic N) is 3. The van der Waals surface area contributed by atoms with E-state index in [0.717, 1.165) is 22.7 Å². The number of aromatic nitrogens is 2. The van der Waals surface area contributed by atoms with Crippen LogP contribution in [0.25, 0.3) is 0 Å². The van der Waals surface area contributed by atoms with Crippen LogP contribution < -0.4 is 16.1 Å². The zero-order valence-corrected chi connectivity index (χ0v) is 17.9. The van der Waals surface area contributed by atoms with E-state index in [1.165, 1.54) is 10.1 Å². The summed E-state index contributed by atoms with van der Waals surface area (Å²) in [5.41, 5.74) is 3.06. The van der Waals surface area contributed by atoms with Crippen LogP contribution in [0.5, 0.6) is 0 Å². The molecule has 1 aromatic carbocycles. The van der Waals surface area contributed by atoms with E-state index in [1.54, 1.807) is 25.7 Å². The molecular formula is C20H28N4O2S. The molecule has 0 saturated heterocycles. The Morgan fingerprint density at radius 1 is 1.30 bits per heavy atom. The summed E-state index contributed by atoms with van der Waals surface area (Å²) in [6.07, 6.45) is 0.809. The number of rotatable bonds is 5. The van der Waals surface area contributed by atoms with Crippen LogP contribution in [0.4, 0.5) is 11.5 Å². The van der Waals surface area contributed by atoms with E-state index in [1.807, 2.05) is 18.9 Å². The third-order valence-corrected chi connectivity index (χ3v) is 5.93. The van der Waals surface area contributed by atoms with Gasteiger partial charge in [0.1, 0.15) is 5.82 Å². The SMILES string of the molecule is CCC(=Nc1cc(C)ccc1C)SC(C)N(C)c1c(C)c(=O)[nH]c(=O)n1C. The Labute approximate surface area is 164 Å². The monoisotopic (exact) mass is 388 g/mol. The maximum Gasteiger partial charge on any atom is 0.329 e. The number of aromatic amines is 1.